The van der Waals surface area contributed by atoms with Gasteiger partial charge in [0, 0.05) is 23.5 Å². The number of rotatable bonds is 3. The predicted octanol–water partition coefficient (Wildman–Crippen LogP) is 1.72. The Hall–Kier alpha value is -3.02. The van der Waals surface area contributed by atoms with Gasteiger partial charge in [-0.1, -0.05) is 6.07 Å². The van der Waals surface area contributed by atoms with Crippen LogP contribution in [0.4, 0.5) is 0 Å². The van der Waals surface area contributed by atoms with Crippen molar-refractivity contribution in [3.63, 3.8) is 0 Å². The Labute approximate surface area is 114 Å². The maximum Gasteiger partial charge on any atom is 0.271 e. The summed E-state index contributed by atoms with van der Waals surface area (Å²) in [5.74, 6) is -0.276. The van der Waals surface area contributed by atoms with Crippen molar-refractivity contribution >= 4 is 23.2 Å². The molecule has 3 aromatic rings. The number of hydrogen-bond acceptors (Lipinski definition) is 4. The molecule has 0 spiro atoms. The first-order valence-corrected chi connectivity index (χ1v) is 5.99. The third kappa shape index (κ3) is 2.54. The highest BCUT2D eigenvalue weighted by atomic mass is 16.2. The van der Waals surface area contributed by atoms with Gasteiger partial charge in [-0.15, -0.1) is 0 Å². The fourth-order valence-corrected chi connectivity index (χ4v) is 1.76. The van der Waals surface area contributed by atoms with Crippen molar-refractivity contribution < 1.29 is 4.79 Å². The van der Waals surface area contributed by atoms with Gasteiger partial charge in [-0.25, -0.2) is 10.4 Å². The minimum absolute atomic E-state index is 0.276. The van der Waals surface area contributed by atoms with Gasteiger partial charge in [-0.3, -0.25) is 9.78 Å². The van der Waals surface area contributed by atoms with Gasteiger partial charge >= 0.3 is 0 Å². The lowest BCUT2D eigenvalue weighted by Gasteiger charge is -1.99. The summed E-state index contributed by atoms with van der Waals surface area (Å²) in [5.41, 5.74) is 5.44. The highest BCUT2D eigenvalue weighted by molar-refractivity contribution is 5.97. The predicted molar refractivity (Wildman–Crippen MR) is 75.4 cm³/mol. The van der Waals surface area contributed by atoms with Crippen molar-refractivity contribution in [1.82, 2.24) is 20.4 Å². The Kier molecular flexibility index (Phi) is 3.20. The number of hydrazone groups is 1. The Bertz CT molecular complexity index is 763. The van der Waals surface area contributed by atoms with Crippen LogP contribution in [0, 0.1) is 0 Å². The molecule has 1 aromatic carbocycles. The largest absolute Gasteiger partial charge is 0.345 e. The molecular formula is C14H11N5O. The molecule has 0 radical (unpaired) electrons. The van der Waals surface area contributed by atoms with Gasteiger partial charge in [0.1, 0.15) is 0 Å². The smallest absolute Gasteiger partial charge is 0.271 e. The number of nitrogens with one attached hydrogen (secondary N) is 2. The lowest BCUT2D eigenvalue weighted by molar-refractivity contribution is 0.0955. The molecule has 2 aromatic heterocycles. The third-order valence-electron chi connectivity index (χ3n) is 2.75. The zero-order valence-corrected chi connectivity index (χ0v) is 10.4. The second kappa shape index (κ2) is 5.31. The third-order valence-corrected chi connectivity index (χ3v) is 2.75. The summed E-state index contributed by atoms with van der Waals surface area (Å²) in [6.07, 6.45) is 6.47. The molecular weight excluding hydrogens is 254 g/mol. The van der Waals surface area contributed by atoms with Crippen LogP contribution in [0.1, 0.15) is 15.9 Å². The monoisotopic (exact) mass is 265 g/mol. The lowest BCUT2D eigenvalue weighted by Crippen LogP contribution is -2.17. The summed E-state index contributed by atoms with van der Waals surface area (Å²) in [7, 11) is 0. The summed E-state index contributed by atoms with van der Waals surface area (Å²) in [5, 5.41) is 3.90. The Morgan fingerprint density at radius 3 is 3.15 bits per heavy atom. The van der Waals surface area contributed by atoms with Gasteiger partial charge in [0.2, 0.25) is 0 Å². The molecule has 3 rings (SSSR count). The van der Waals surface area contributed by atoms with Crippen molar-refractivity contribution in [2.75, 3.05) is 0 Å². The molecule has 0 saturated heterocycles. The molecule has 6 nitrogen and oxygen atoms in total. The zero-order chi connectivity index (χ0) is 13.8. The van der Waals surface area contributed by atoms with E-state index in [-0.39, 0.29) is 5.91 Å². The van der Waals surface area contributed by atoms with Crippen molar-refractivity contribution in [2.24, 2.45) is 5.10 Å². The molecule has 0 aliphatic rings. The number of amides is 1. The minimum Gasteiger partial charge on any atom is -0.345 e. The standard InChI is InChI=1S/C14H11N5O/c20-14(19-18-8-10-2-1-5-15-7-10)11-3-4-12-13(6-11)17-9-16-12/h1-9H,(H,16,17)(H,19,20). The summed E-state index contributed by atoms with van der Waals surface area (Å²) < 4.78 is 0. The quantitative estimate of drug-likeness (QED) is 0.558. The van der Waals surface area contributed by atoms with E-state index >= 15 is 0 Å². The fourth-order valence-electron chi connectivity index (χ4n) is 1.76. The number of aromatic amines is 1. The van der Waals surface area contributed by atoms with Crippen LogP contribution in [0.5, 0.6) is 0 Å². The van der Waals surface area contributed by atoms with E-state index in [0.717, 1.165) is 16.6 Å². The first-order chi connectivity index (χ1) is 9.83. The van der Waals surface area contributed by atoms with Gasteiger partial charge in [0.05, 0.1) is 23.6 Å². The van der Waals surface area contributed by atoms with E-state index in [1.807, 2.05) is 6.07 Å². The zero-order valence-electron chi connectivity index (χ0n) is 10.4. The van der Waals surface area contributed by atoms with Crippen molar-refractivity contribution in [3.8, 4) is 0 Å². The van der Waals surface area contributed by atoms with Crippen LogP contribution < -0.4 is 5.43 Å². The molecule has 1 amide bonds. The number of pyridine rings is 1. The van der Waals surface area contributed by atoms with Gasteiger partial charge < -0.3 is 4.98 Å². The van der Waals surface area contributed by atoms with Gasteiger partial charge in [-0.05, 0) is 24.3 Å². The molecule has 6 heteroatoms. The van der Waals surface area contributed by atoms with E-state index in [9.17, 15) is 4.79 Å². The molecule has 0 saturated carbocycles. The number of carbonyl (C=O) groups is 1. The Morgan fingerprint density at radius 1 is 1.35 bits per heavy atom. The topological polar surface area (TPSA) is 83.0 Å². The number of aromatic nitrogens is 3. The van der Waals surface area contributed by atoms with Crippen molar-refractivity contribution in [2.45, 2.75) is 0 Å². The van der Waals surface area contributed by atoms with Crippen LogP contribution in [0.3, 0.4) is 0 Å². The van der Waals surface area contributed by atoms with Crippen LogP contribution >= 0.6 is 0 Å². The molecule has 0 bridgehead atoms. The summed E-state index contributed by atoms with van der Waals surface area (Å²) >= 11 is 0. The summed E-state index contributed by atoms with van der Waals surface area (Å²) in [6, 6.07) is 8.87. The SMILES string of the molecule is O=C(NN=Cc1cccnc1)c1ccc2nc[nH]c2c1. The molecule has 2 heterocycles. The van der Waals surface area contributed by atoms with Crippen molar-refractivity contribution in [3.05, 3.63) is 60.2 Å². The second-order valence-corrected chi connectivity index (χ2v) is 4.12. The van der Waals surface area contributed by atoms with E-state index < -0.39 is 0 Å². The molecule has 0 aliphatic heterocycles. The molecule has 0 atom stereocenters. The maximum absolute atomic E-state index is 11.9. The van der Waals surface area contributed by atoms with E-state index in [1.54, 1.807) is 49.2 Å². The average Bonchev–Trinajstić information content (AvgIpc) is 2.95. The average molecular weight is 265 g/mol. The van der Waals surface area contributed by atoms with Gasteiger partial charge in [0.25, 0.3) is 5.91 Å². The van der Waals surface area contributed by atoms with Crippen molar-refractivity contribution in [1.29, 1.82) is 0 Å². The minimum atomic E-state index is -0.276. The second-order valence-electron chi connectivity index (χ2n) is 4.12. The summed E-state index contributed by atoms with van der Waals surface area (Å²) in [6.45, 7) is 0. The molecule has 0 unspecified atom stereocenters. The molecule has 2 N–H and O–H groups in total. The molecule has 20 heavy (non-hydrogen) atoms. The molecule has 98 valence electrons. The highest BCUT2D eigenvalue weighted by Crippen LogP contribution is 2.11. The fraction of sp³-hybridized carbons (Fsp3) is 0. The number of fused-ring (bicyclic) bond motifs is 1. The first kappa shape index (κ1) is 12.0. The van der Waals surface area contributed by atoms with E-state index in [0.29, 0.717) is 5.56 Å². The number of hydrogen-bond donors (Lipinski definition) is 2. The van der Waals surface area contributed by atoms with E-state index in [4.69, 9.17) is 0 Å². The molecule has 0 fully saturated rings. The Balaban J connectivity index is 1.71. The van der Waals surface area contributed by atoms with Gasteiger partial charge in [0.15, 0.2) is 0 Å². The van der Waals surface area contributed by atoms with E-state index in [1.165, 1.54) is 0 Å². The maximum atomic E-state index is 11.9. The first-order valence-electron chi connectivity index (χ1n) is 5.99. The number of H-pyrrole nitrogens is 1. The Morgan fingerprint density at radius 2 is 2.30 bits per heavy atom. The lowest BCUT2D eigenvalue weighted by atomic mass is 10.2. The number of carbonyl (C=O) groups excluding carboxylic acids is 1. The summed E-state index contributed by atoms with van der Waals surface area (Å²) in [4.78, 5) is 22.9. The van der Waals surface area contributed by atoms with Crippen LogP contribution in [-0.4, -0.2) is 27.1 Å². The van der Waals surface area contributed by atoms with Crippen LogP contribution in [0.25, 0.3) is 11.0 Å². The number of imidazole rings is 1. The van der Waals surface area contributed by atoms with E-state index in [2.05, 4.69) is 25.5 Å². The molecule has 0 aliphatic carbocycles. The van der Waals surface area contributed by atoms with Crippen LogP contribution in [0.15, 0.2) is 54.2 Å². The number of nitrogens with zero attached hydrogens (tertiary/aromatic N) is 3. The van der Waals surface area contributed by atoms with Gasteiger partial charge in [-0.2, -0.15) is 5.10 Å². The highest BCUT2D eigenvalue weighted by Gasteiger charge is 2.05. The number of benzene rings is 1. The van der Waals surface area contributed by atoms with Crippen LogP contribution in [0.2, 0.25) is 0 Å². The normalized spacial score (nSPS) is 11.0. The van der Waals surface area contributed by atoms with Crippen LogP contribution in [-0.2, 0) is 0 Å².